The molecule has 1 aromatic heterocycles. The zero-order chi connectivity index (χ0) is 10.3. The van der Waals surface area contributed by atoms with E-state index >= 15 is 0 Å². The minimum Gasteiger partial charge on any atom is -0.473 e. The zero-order valence-corrected chi connectivity index (χ0v) is 10.3. The normalized spacial score (nSPS) is 31.2. The quantitative estimate of drug-likeness (QED) is 0.885. The van der Waals surface area contributed by atoms with E-state index in [2.05, 4.69) is 10.3 Å². The van der Waals surface area contributed by atoms with Gasteiger partial charge in [-0.2, -0.15) is 0 Å². The largest absolute Gasteiger partial charge is 0.473 e. The van der Waals surface area contributed by atoms with E-state index in [-0.39, 0.29) is 12.4 Å². The Labute approximate surface area is 106 Å². The van der Waals surface area contributed by atoms with E-state index in [1.807, 2.05) is 12.1 Å². The van der Waals surface area contributed by atoms with Gasteiger partial charge >= 0.3 is 0 Å². The molecule has 0 spiro atoms. The van der Waals surface area contributed by atoms with Crippen LogP contribution in [-0.2, 0) is 0 Å². The van der Waals surface area contributed by atoms with Crippen LogP contribution in [-0.4, -0.2) is 24.2 Å². The van der Waals surface area contributed by atoms with Crippen LogP contribution in [0.4, 0.5) is 0 Å². The summed E-state index contributed by atoms with van der Waals surface area (Å²) in [6, 6.07) is 3.63. The van der Waals surface area contributed by atoms with Gasteiger partial charge in [0.15, 0.2) is 0 Å². The van der Waals surface area contributed by atoms with Crippen LogP contribution in [0, 0.1) is 11.8 Å². The molecule has 1 aliphatic carbocycles. The topological polar surface area (TPSA) is 34.1 Å². The summed E-state index contributed by atoms with van der Waals surface area (Å²) < 4.78 is 5.87. The number of pyridine rings is 1. The molecular formula is C11H14Cl2N2O. The number of ether oxygens (including phenoxy) is 1. The van der Waals surface area contributed by atoms with E-state index in [0.29, 0.717) is 28.8 Å². The van der Waals surface area contributed by atoms with Gasteiger partial charge in [-0.25, -0.2) is 4.98 Å². The first-order chi connectivity index (χ1) is 7.34. The molecule has 0 amide bonds. The second kappa shape index (κ2) is 4.78. The Morgan fingerprint density at radius 1 is 1.38 bits per heavy atom. The first kappa shape index (κ1) is 12.0. The molecule has 1 saturated carbocycles. The third kappa shape index (κ3) is 1.99. The van der Waals surface area contributed by atoms with Crippen molar-refractivity contribution in [3.05, 3.63) is 23.4 Å². The fraction of sp³-hybridized carbons (Fsp3) is 0.545. The summed E-state index contributed by atoms with van der Waals surface area (Å²) >= 11 is 6.00. The highest BCUT2D eigenvalue weighted by atomic mass is 35.5. The predicted molar refractivity (Wildman–Crippen MR) is 65.4 cm³/mol. The second-order valence-corrected chi connectivity index (χ2v) is 4.69. The van der Waals surface area contributed by atoms with Gasteiger partial charge in [-0.15, -0.1) is 12.4 Å². The molecule has 16 heavy (non-hydrogen) atoms. The molecule has 2 fully saturated rings. The van der Waals surface area contributed by atoms with Crippen LogP contribution < -0.4 is 10.1 Å². The lowest BCUT2D eigenvalue weighted by molar-refractivity contribution is -0.0469. The Morgan fingerprint density at radius 2 is 2.12 bits per heavy atom. The lowest BCUT2D eigenvalue weighted by Gasteiger charge is -2.48. The summed E-state index contributed by atoms with van der Waals surface area (Å²) in [4.78, 5) is 4.15. The molecule has 2 aliphatic rings. The number of halogens is 2. The summed E-state index contributed by atoms with van der Waals surface area (Å²) in [5.74, 6) is 1.87. The van der Waals surface area contributed by atoms with Crippen LogP contribution in [0.3, 0.4) is 0 Å². The predicted octanol–water partition coefficient (Wildman–Crippen LogP) is 2.14. The van der Waals surface area contributed by atoms with Crippen molar-refractivity contribution in [2.75, 3.05) is 13.1 Å². The van der Waals surface area contributed by atoms with Crippen LogP contribution in [0.2, 0.25) is 5.02 Å². The third-order valence-corrected chi connectivity index (χ3v) is 3.61. The lowest BCUT2D eigenvalue weighted by atomic mass is 9.69. The van der Waals surface area contributed by atoms with Crippen molar-refractivity contribution in [1.82, 2.24) is 10.3 Å². The van der Waals surface area contributed by atoms with Crippen molar-refractivity contribution in [3.63, 3.8) is 0 Å². The van der Waals surface area contributed by atoms with E-state index in [9.17, 15) is 0 Å². The van der Waals surface area contributed by atoms with Crippen molar-refractivity contribution in [2.24, 2.45) is 11.8 Å². The highest BCUT2D eigenvalue weighted by molar-refractivity contribution is 6.31. The van der Waals surface area contributed by atoms with Gasteiger partial charge in [0, 0.05) is 31.1 Å². The number of nitrogens with zero attached hydrogens (tertiary/aromatic N) is 1. The Balaban J connectivity index is 0.000000963. The molecule has 88 valence electrons. The molecule has 2 heterocycles. The zero-order valence-electron chi connectivity index (χ0n) is 8.73. The maximum absolute atomic E-state index is 6.00. The average molecular weight is 261 g/mol. The van der Waals surface area contributed by atoms with E-state index < -0.39 is 0 Å². The number of fused-ring (bicyclic) bond motifs is 2. The van der Waals surface area contributed by atoms with Crippen LogP contribution >= 0.6 is 24.0 Å². The van der Waals surface area contributed by atoms with E-state index in [4.69, 9.17) is 16.3 Å². The van der Waals surface area contributed by atoms with Crippen LogP contribution in [0.1, 0.15) is 6.42 Å². The molecule has 5 heteroatoms. The Hall–Kier alpha value is -0.510. The molecule has 1 aromatic rings. The van der Waals surface area contributed by atoms with Crippen molar-refractivity contribution in [3.8, 4) is 5.88 Å². The molecule has 1 N–H and O–H groups in total. The molecule has 0 aromatic carbocycles. The number of hydrogen-bond acceptors (Lipinski definition) is 3. The highest BCUT2D eigenvalue weighted by Gasteiger charge is 2.45. The van der Waals surface area contributed by atoms with E-state index in [0.717, 1.165) is 13.1 Å². The van der Waals surface area contributed by atoms with Crippen molar-refractivity contribution >= 4 is 24.0 Å². The summed E-state index contributed by atoms with van der Waals surface area (Å²) in [5.41, 5.74) is 0. The van der Waals surface area contributed by atoms with Gasteiger partial charge in [-0.3, -0.25) is 0 Å². The molecule has 3 atom stereocenters. The van der Waals surface area contributed by atoms with Gasteiger partial charge in [-0.1, -0.05) is 11.6 Å². The van der Waals surface area contributed by atoms with Gasteiger partial charge in [0.1, 0.15) is 11.1 Å². The average Bonchev–Trinajstić information content (AvgIpc) is 2.29. The van der Waals surface area contributed by atoms with Crippen LogP contribution in [0.5, 0.6) is 5.88 Å². The molecule has 1 saturated heterocycles. The number of piperidine rings is 2. The Bertz CT molecular complexity index is 361. The van der Waals surface area contributed by atoms with Gasteiger partial charge in [0.2, 0.25) is 5.88 Å². The first-order valence-electron chi connectivity index (χ1n) is 5.32. The smallest absolute Gasteiger partial charge is 0.232 e. The van der Waals surface area contributed by atoms with Crippen LogP contribution in [0.15, 0.2) is 18.3 Å². The number of hydrogen-bond donors (Lipinski definition) is 1. The third-order valence-electron chi connectivity index (χ3n) is 3.32. The number of rotatable bonds is 2. The Kier molecular flexibility index (Phi) is 3.57. The first-order valence-corrected chi connectivity index (χ1v) is 5.70. The maximum Gasteiger partial charge on any atom is 0.232 e. The summed E-state index contributed by atoms with van der Waals surface area (Å²) in [6.45, 7) is 2.12. The molecule has 3 nitrogen and oxygen atoms in total. The van der Waals surface area contributed by atoms with Gasteiger partial charge in [-0.05, 0) is 18.6 Å². The van der Waals surface area contributed by atoms with Gasteiger partial charge in [0.05, 0.1) is 0 Å². The molecular weight excluding hydrogens is 247 g/mol. The second-order valence-electron chi connectivity index (χ2n) is 4.29. The Morgan fingerprint density at radius 3 is 2.75 bits per heavy atom. The molecule has 3 rings (SSSR count). The minimum atomic E-state index is 0. The van der Waals surface area contributed by atoms with Crippen LogP contribution in [0.25, 0.3) is 0 Å². The van der Waals surface area contributed by atoms with E-state index in [1.54, 1.807) is 6.20 Å². The fourth-order valence-electron chi connectivity index (χ4n) is 2.48. The minimum absolute atomic E-state index is 0. The number of aromatic nitrogens is 1. The molecule has 2 bridgehead atoms. The van der Waals surface area contributed by atoms with Crippen molar-refractivity contribution in [2.45, 2.75) is 12.5 Å². The molecule has 0 radical (unpaired) electrons. The number of nitrogens with one attached hydrogen (secondary N) is 1. The van der Waals surface area contributed by atoms with Crippen molar-refractivity contribution in [1.29, 1.82) is 0 Å². The highest BCUT2D eigenvalue weighted by Crippen LogP contribution is 2.40. The summed E-state index contributed by atoms with van der Waals surface area (Å²) in [7, 11) is 0. The lowest BCUT2D eigenvalue weighted by Crippen LogP contribution is -2.59. The monoisotopic (exact) mass is 260 g/mol. The fourth-order valence-corrected chi connectivity index (χ4v) is 2.64. The summed E-state index contributed by atoms with van der Waals surface area (Å²) in [5, 5.41) is 3.99. The van der Waals surface area contributed by atoms with Crippen molar-refractivity contribution < 1.29 is 4.74 Å². The molecule has 1 unspecified atom stereocenters. The van der Waals surface area contributed by atoms with E-state index in [1.165, 1.54) is 6.42 Å². The SMILES string of the molecule is Cl.Clc1cccnc1OC1[C@@H]2CNC[C@H]1C2. The van der Waals surface area contributed by atoms with Gasteiger partial charge < -0.3 is 10.1 Å². The maximum atomic E-state index is 6.00. The molecule has 1 aliphatic heterocycles. The summed E-state index contributed by atoms with van der Waals surface area (Å²) in [6.07, 6.45) is 3.31. The van der Waals surface area contributed by atoms with Gasteiger partial charge in [0.25, 0.3) is 0 Å². The standard InChI is InChI=1S/C11H13ClN2O.ClH/c12-9-2-1-3-14-11(9)15-10-7-4-8(10)6-13-5-7;/h1-3,7-8,10,13H,4-6H2;1H/t7-,8+,10?;.